The Morgan fingerprint density at radius 1 is 0.891 bits per heavy atom. The third kappa shape index (κ3) is 7.97. The Balaban J connectivity index is 1.86. The highest BCUT2D eigenvalue weighted by molar-refractivity contribution is 6.39. The van der Waals surface area contributed by atoms with E-state index < -0.39 is 66.8 Å². The zero-order valence-electron chi connectivity index (χ0n) is 25.0. The molecule has 1 aromatic carbocycles. The van der Waals surface area contributed by atoms with Gasteiger partial charge in [-0.2, -0.15) is 0 Å². The van der Waals surface area contributed by atoms with Crippen molar-refractivity contribution in [2.45, 2.75) is 58.4 Å². The fraction of sp³-hybridized carbons (Fsp3) is 0.379. The summed E-state index contributed by atoms with van der Waals surface area (Å²) < 4.78 is 44.7. The summed E-state index contributed by atoms with van der Waals surface area (Å²) in [6.07, 6.45) is -4.73. The predicted molar refractivity (Wildman–Crippen MR) is 159 cm³/mol. The van der Waals surface area contributed by atoms with Crippen LogP contribution in [0.2, 0.25) is 10.0 Å². The van der Waals surface area contributed by atoms with Crippen molar-refractivity contribution in [1.82, 2.24) is 4.98 Å². The van der Waals surface area contributed by atoms with Gasteiger partial charge in [-0.3, -0.25) is 24.2 Å². The van der Waals surface area contributed by atoms with Crippen LogP contribution >= 0.6 is 23.2 Å². The highest BCUT2D eigenvalue weighted by Gasteiger charge is 2.53. The van der Waals surface area contributed by atoms with Gasteiger partial charge in [0.25, 0.3) is 0 Å². The van der Waals surface area contributed by atoms with E-state index in [0.29, 0.717) is 0 Å². The molecule has 3 aromatic rings. The number of esters is 4. The van der Waals surface area contributed by atoms with E-state index in [2.05, 4.69) is 10.3 Å². The van der Waals surface area contributed by atoms with E-state index in [4.69, 9.17) is 60.8 Å². The molecule has 1 fully saturated rings. The van der Waals surface area contributed by atoms with Crippen LogP contribution in [0.4, 0.5) is 11.4 Å². The Kier molecular flexibility index (Phi) is 10.9. The van der Waals surface area contributed by atoms with Gasteiger partial charge in [0.1, 0.15) is 12.7 Å². The molecule has 1 N–H and O–H groups in total. The van der Waals surface area contributed by atoms with Crippen molar-refractivity contribution in [2.24, 2.45) is 0 Å². The van der Waals surface area contributed by atoms with E-state index >= 15 is 0 Å². The van der Waals surface area contributed by atoms with Gasteiger partial charge in [-0.05, 0) is 12.1 Å². The highest BCUT2D eigenvalue weighted by Crippen LogP contribution is 2.42. The lowest BCUT2D eigenvalue weighted by Crippen LogP contribution is -2.63. The number of methoxy groups -OCH3 is 1. The molecule has 3 heterocycles. The first kappa shape index (κ1) is 34.3. The van der Waals surface area contributed by atoms with Crippen molar-refractivity contribution in [2.75, 3.05) is 19.0 Å². The third-order valence-corrected chi connectivity index (χ3v) is 6.92. The molecule has 0 unspecified atom stereocenters. The van der Waals surface area contributed by atoms with Gasteiger partial charge in [-0.1, -0.05) is 23.2 Å². The van der Waals surface area contributed by atoms with E-state index in [1.54, 1.807) is 6.07 Å². The number of halogens is 2. The zero-order valence-corrected chi connectivity index (χ0v) is 26.5. The van der Waals surface area contributed by atoms with E-state index in [0.717, 1.165) is 33.8 Å². The predicted octanol–water partition coefficient (Wildman–Crippen LogP) is 3.71. The summed E-state index contributed by atoms with van der Waals surface area (Å²) in [5, 5.41) is 3.61. The maximum absolute atomic E-state index is 12.8. The van der Waals surface area contributed by atoms with E-state index in [9.17, 15) is 24.0 Å². The first-order valence-electron chi connectivity index (χ1n) is 13.5. The molecule has 46 heavy (non-hydrogen) atoms. The SMILES string of the molecule is COc1ccc2c(Nc3c(Cl)cncc3Cl)cc(=O)oc2c1O[C@@H]1O[C@H](COC(C)=O)[C@@H](OC(C)=O)[C@H](OC(C)=O)[C@H]1OC(C)=O. The largest absolute Gasteiger partial charge is 0.493 e. The van der Waals surface area contributed by atoms with Crippen molar-refractivity contribution in [1.29, 1.82) is 0 Å². The van der Waals surface area contributed by atoms with Crippen LogP contribution in [0.25, 0.3) is 11.0 Å². The Morgan fingerprint density at radius 3 is 2.09 bits per heavy atom. The van der Waals surface area contributed by atoms with Crippen molar-refractivity contribution in [3.63, 3.8) is 0 Å². The van der Waals surface area contributed by atoms with Crippen LogP contribution in [-0.4, -0.2) is 73.3 Å². The fourth-order valence-corrected chi connectivity index (χ4v) is 5.08. The smallest absolute Gasteiger partial charge is 0.338 e. The van der Waals surface area contributed by atoms with E-state index in [1.807, 2.05) is 0 Å². The second kappa shape index (κ2) is 14.7. The van der Waals surface area contributed by atoms with Crippen molar-refractivity contribution < 1.29 is 56.8 Å². The lowest BCUT2D eigenvalue weighted by molar-refractivity contribution is -0.288. The molecule has 4 rings (SSSR count). The van der Waals surface area contributed by atoms with Gasteiger partial charge in [0.15, 0.2) is 23.5 Å². The quantitative estimate of drug-likeness (QED) is 0.185. The van der Waals surface area contributed by atoms with Gasteiger partial charge in [0.05, 0.1) is 28.5 Å². The second-order valence-electron chi connectivity index (χ2n) is 9.74. The minimum absolute atomic E-state index is 0.0423. The molecule has 15 nitrogen and oxygen atoms in total. The average Bonchev–Trinajstić information content (AvgIpc) is 2.96. The molecule has 1 saturated heterocycles. The van der Waals surface area contributed by atoms with Gasteiger partial charge >= 0.3 is 29.5 Å². The monoisotopic (exact) mass is 682 g/mol. The van der Waals surface area contributed by atoms with Gasteiger partial charge in [-0.25, -0.2) is 4.79 Å². The first-order chi connectivity index (χ1) is 21.8. The Morgan fingerprint density at radius 2 is 1.50 bits per heavy atom. The minimum Gasteiger partial charge on any atom is -0.493 e. The van der Waals surface area contributed by atoms with Gasteiger partial charge in [0, 0.05) is 51.5 Å². The van der Waals surface area contributed by atoms with Crippen molar-refractivity contribution >= 4 is 69.4 Å². The number of carbonyl (C=O) groups is 4. The minimum atomic E-state index is -1.65. The lowest BCUT2D eigenvalue weighted by Gasteiger charge is -2.43. The third-order valence-electron chi connectivity index (χ3n) is 6.35. The van der Waals surface area contributed by atoms with Crippen LogP contribution in [-0.2, 0) is 42.9 Å². The second-order valence-corrected chi connectivity index (χ2v) is 10.6. The molecule has 246 valence electrons. The number of nitrogens with zero attached hydrogens (tertiary/aromatic N) is 1. The number of aromatic nitrogens is 1. The molecule has 0 spiro atoms. The van der Waals surface area contributed by atoms with Crippen LogP contribution < -0.4 is 20.4 Å². The van der Waals surface area contributed by atoms with Crippen molar-refractivity contribution in [3.8, 4) is 11.5 Å². The molecule has 0 saturated carbocycles. The fourth-order valence-electron chi connectivity index (χ4n) is 4.62. The normalized spacial score (nSPS) is 20.7. The number of hydrogen-bond donors (Lipinski definition) is 1. The molecule has 0 aliphatic carbocycles. The number of rotatable bonds is 10. The molecule has 0 bridgehead atoms. The summed E-state index contributed by atoms with van der Waals surface area (Å²) in [4.78, 5) is 64.9. The van der Waals surface area contributed by atoms with Gasteiger partial charge in [-0.15, -0.1) is 0 Å². The van der Waals surface area contributed by atoms with Crippen LogP contribution in [0.1, 0.15) is 27.7 Å². The molecule has 5 atom stereocenters. The first-order valence-corrected chi connectivity index (χ1v) is 14.2. The Hall–Kier alpha value is -4.60. The number of hydrogen-bond acceptors (Lipinski definition) is 15. The molecule has 0 amide bonds. The standard InChI is InChI=1S/C29H28Cl2N2O13/c1-12(34)40-11-21-26(41-13(2)35)27(42-14(3)36)28(43-15(4)37)29(44-21)46-25-20(39-5)7-6-16-19(8-22(38)45-24(16)25)33-23-17(30)9-32-10-18(23)31/h6-10,21,26-29H,11H2,1-5H3,(H,32,33)/t21-,26-,27+,28-,29+/m1/s1. The zero-order chi connectivity index (χ0) is 33.7. The molecule has 17 heteroatoms. The number of pyridine rings is 1. The summed E-state index contributed by atoms with van der Waals surface area (Å²) in [7, 11) is 1.32. The Labute approximate surface area is 270 Å². The van der Waals surface area contributed by atoms with E-state index in [-0.39, 0.29) is 43.9 Å². The maximum Gasteiger partial charge on any atom is 0.338 e. The molecule has 1 aliphatic heterocycles. The summed E-state index contributed by atoms with van der Waals surface area (Å²) in [6.45, 7) is 3.92. The molecule has 0 radical (unpaired) electrons. The van der Waals surface area contributed by atoms with Gasteiger partial charge < -0.3 is 42.9 Å². The Bertz CT molecular complexity index is 1690. The summed E-state index contributed by atoms with van der Waals surface area (Å²) in [6, 6.07) is 4.20. The maximum atomic E-state index is 12.8. The van der Waals surface area contributed by atoms with Crippen LogP contribution in [0.5, 0.6) is 11.5 Å². The van der Waals surface area contributed by atoms with E-state index in [1.165, 1.54) is 25.6 Å². The topological polar surface area (TPSA) is 188 Å². The number of benzene rings is 1. The molecule has 2 aromatic heterocycles. The molecule has 1 aliphatic rings. The molecular weight excluding hydrogens is 655 g/mol. The van der Waals surface area contributed by atoms with Gasteiger partial charge in [0.2, 0.25) is 18.1 Å². The van der Waals surface area contributed by atoms with Crippen molar-refractivity contribution in [3.05, 3.63) is 51.1 Å². The number of fused-ring (bicyclic) bond motifs is 1. The average molecular weight is 683 g/mol. The van der Waals surface area contributed by atoms with Crippen LogP contribution in [0.3, 0.4) is 0 Å². The summed E-state index contributed by atoms with van der Waals surface area (Å²) >= 11 is 12.6. The summed E-state index contributed by atoms with van der Waals surface area (Å²) in [5.74, 6) is -3.32. The summed E-state index contributed by atoms with van der Waals surface area (Å²) in [5.41, 5.74) is -0.516. The number of anilines is 2. The lowest BCUT2D eigenvalue weighted by atomic mass is 9.98. The number of ether oxygens (including phenoxy) is 7. The number of carbonyl (C=O) groups excluding carboxylic acids is 4. The van der Waals surface area contributed by atoms with Crippen LogP contribution in [0, 0.1) is 0 Å². The number of nitrogens with one attached hydrogen (secondary N) is 1. The van der Waals surface area contributed by atoms with Crippen LogP contribution in [0.15, 0.2) is 39.8 Å². The highest BCUT2D eigenvalue weighted by atomic mass is 35.5. The molecular formula is C29H28Cl2N2O13.